The number of nitrogens with zero attached hydrogens (tertiary/aromatic N) is 6. The first-order valence-corrected chi connectivity index (χ1v) is 17.7. The van der Waals surface area contributed by atoms with E-state index in [1.807, 2.05) is 52.3 Å². The van der Waals surface area contributed by atoms with E-state index in [1.54, 1.807) is 12.4 Å². The summed E-state index contributed by atoms with van der Waals surface area (Å²) in [4.78, 5) is 27.4. The van der Waals surface area contributed by atoms with Gasteiger partial charge in [-0.05, 0) is 106 Å². The number of rotatable bonds is 9. The lowest BCUT2D eigenvalue weighted by atomic mass is 9.81. The van der Waals surface area contributed by atoms with Crippen molar-refractivity contribution in [3.05, 3.63) is 93.6 Å². The lowest BCUT2D eigenvalue weighted by Crippen LogP contribution is -2.39. The number of fused-ring (bicyclic) bond motifs is 1. The van der Waals surface area contributed by atoms with Gasteiger partial charge in [-0.25, -0.2) is 18.9 Å². The number of carboxylic acids is 1. The molecule has 1 atom stereocenters. The molecule has 0 bridgehead atoms. The lowest BCUT2D eigenvalue weighted by Gasteiger charge is -2.41. The van der Waals surface area contributed by atoms with Crippen LogP contribution in [0, 0.1) is 32.0 Å². The van der Waals surface area contributed by atoms with E-state index < -0.39 is 17.7 Å². The van der Waals surface area contributed by atoms with E-state index in [4.69, 9.17) is 9.72 Å². The molecule has 266 valence electrons. The maximum Gasteiger partial charge on any atom is 0.337 e. The van der Waals surface area contributed by atoms with Crippen molar-refractivity contribution >= 4 is 11.7 Å². The standard InChI is InChI=1S/C40H51FN6O3/c1-25-19-32(41)12-11-30(25)21-45-16-13-28-20-29(9-10-31(28)22-45)35-33(23-47-27(3)42-24-43-47)44-26(2)34(37(38(48)49)50-39(4,5)6)36(35)46-17-14-40(7,8)15-18-46/h9-12,19-20,24,37H,13-18,21-23H2,1-8H3,(H,48,49)/t37-/m0/s1. The summed E-state index contributed by atoms with van der Waals surface area (Å²) in [6, 6.07) is 11.7. The molecule has 1 saturated heterocycles. The van der Waals surface area contributed by atoms with Gasteiger partial charge in [0.2, 0.25) is 0 Å². The third-order valence-electron chi connectivity index (χ3n) is 10.3. The van der Waals surface area contributed by atoms with Crippen LogP contribution in [0.3, 0.4) is 0 Å². The third kappa shape index (κ3) is 7.76. The number of aromatic nitrogens is 4. The number of carboxylic acid groups (broad SMARTS) is 1. The van der Waals surface area contributed by atoms with Crippen LogP contribution in [0.25, 0.3) is 11.1 Å². The van der Waals surface area contributed by atoms with Crippen LogP contribution >= 0.6 is 0 Å². The van der Waals surface area contributed by atoms with Gasteiger partial charge in [0.15, 0.2) is 6.10 Å². The number of pyridine rings is 1. The molecule has 50 heavy (non-hydrogen) atoms. The summed E-state index contributed by atoms with van der Waals surface area (Å²) in [5.41, 5.74) is 9.03. The van der Waals surface area contributed by atoms with Gasteiger partial charge in [0, 0.05) is 49.5 Å². The van der Waals surface area contributed by atoms with Gasteiger partial charge < -0.3 is 14.7 Å². The van der Waals surface area contributed by atoms with E-state index in [9.17, 15) is 14.3 Å². The topological polar surface area (TPSA) is 96.6 Å². The van der Waals surface area contributed by atoms with Crippen LogP contribution in [0.2, 0.25) is 0 Å². The maximum absolute atomic E-state index is 13.8. The highest BCUT2D eigenvalue weighted by molar-refractivity contribution is 5.88. The monoisotopic (exact) mass is 682 g/mol. The molecular formula is C40H51FN6O3. The van der Waals surface area contributed by atoms with Crippen molar-refractivity contribution in [2.75, 3.05) is 24.5 Å². The molecule has 0 aliphatic carbocycles. The number of aryl methyl sites for hydroxylation is 3. The van der Waals surface area contributed by atoms with Crippen LogP contribution in [0.1, 0.15) is 98.6 Å². The molecule has 2 aliphatic heterocycles. The van der Waals surface area contributed by atoms with Gasteiger partial charge in [0.25, 0.3) is 0 Å². The first-order valence-electron chi connectivity index (χ1n) is 17.7. The van der Waals surface area contributed by atoms with E-state index in [1.165, 1.54) is 17.2 Å². The van der Waals surface area contributed by atoms with Crippen molar-refractivity contribution in [3.63, 3.8) is 0 Å². The summed E-state index contributed by atoms with van der Waals surface area (Å²) in [6.45, 7) is 20.5. The Morgan fingerprint density at radius 2 is 1.76 bits per heavy atom. The summed E-state index contributed by atoms with van der Waals surface area (Å²) in [6.07, 6.45) is 3.19. The van der Waals surface area contributed by atoms with Crippen molar-refractivity contribution in [2.24, 2.45) is 5.41 Å². The Balaban J connectivity index is 1.49. The molecule has 10 heteroatoms. The summed E-state index contributed by atoms with van der Waals surface area (Å²) in [7, 11) is 0. The molecule has 1 fully saturated rings. The molecule has 2 aromatic carbocycles. The second-order valence-electron chi connectivity index (χ2n) is 15.9. The molecule has 0 radical (unpaired) electrons. The fourth-order valence-corrected chi connectivity index (χ4v) is 7.34. The lowest BCUT2D eigenvalue weighted by molar-refractivity contribution is -0.160. The highest BCUT2D eigenvalue weighted by atomic mass is 19.1. The van der Waals surface area contributed by atoms with Crippen molar-refractivity contribution < 1.29 is 19.0 Å². The Labute approximate surface area is 295 Å². The molecule has 9 nitrogen and oxygen atoms in total. The van der Waals surface area contributed by atoms with Crippen LogP contribution in [0.5, 0.6) is 0 Å². The Hall–Kier alpha value is -4.15. The number of aliphatic carboxylic acids is 1. The maximum atomic E-state index is 13.8. The van der Waals surface area contributed by atoms with Crippen molar-refractivity contribution in [2.45, 2.75) is 106 Å². The Kier molecular flexibility index (Phi) is 9.89. The molecule has 4 aromatic rings. The fourth-order valence-electron chi connectivity index (χ4n) is 7.34. The summed E-state index contributed by atoms with van der Waals surface area (Å²) in [5, 5.41) is 15.2. The number of anilines is 1. The smallest absolute Gasteiger partial charge is 0.337 e. The van der Waals surface area contributed by atoms with Gasteiger partial charge in [-0.3, -0.25) is 9.88 Å². The zero-order chi connectivity index (χ0) is 36.0. The second-order valence-corrected chi connectivity index (χ2v) is 15.9. The van der Waals surface area contributed by atoms with E-state index in [2.05, 4.69) is 51.9 Å². The molecule has 4 heterocycles. The Morgan fingerprint density at radius 1 is 1.02 bits per heavy atom. The number of benzene rings is 2. The quantitative estimate of drug-likeness (QED) is 0.193. The number of hydrogen-bond acceptors (Lipinski definition) is 7. The number of carbonyl (C=O) groups is 1. The van der Waals surface area contributed by atoms with Gasteiger partial charge in [-0.1, -0.05) is 38.1 Å². The van der Waals surface area contributed by atoms with Gasteiger partial charge >= 0.3 is 5.97 Å². The largest absolute Gasteiger partial charge is 0.479 e. The highest BCUT2D eigenvalue weighted by Gasteiger charge is 2.37. The van der Waals surface area contributed by atoms with Gasteiger partial charge in [0.05, 0.1) is 23.5 Å². The van der Waals surface area contributed by atoms with Crippen molar-refractivity contribution in [1.82, 2.24) is 24.6 Å². The first-order chi connectivity index (χ1) is 23.6. The number of hydrogen-bond donors (Lipinski definition) is 1. The molecule has 2 aromatic heterocycles. The summed E-state index contributed by atoms with van der Waals surface area (Å²) >= 11 is 0. The fraction of sp³-hybridized carbons (Fsp3) is 0.500. The average Bonchev–Trinajstić information content (AvgIpc) is 3.44. The van der Waals surface area contributed by atoms with Gasteiger partial charge in [0.1, 0.15) is 18.0 Å². The number of ether oxygens (including phenoxy) is 1. The van der Waals surface area contributed by atoms with E-state index in [0.717, 1.165) is 91.4 Å². The predicted octanol–water partition coefficient (Wildman–Crippen LogP) is 7.58. The predicted molar refractivity (Wildman–Crippen MR) is 194 cm³/mol. The SMILES string of the molecule is Cc1cc(F)ccc1CN1CCc2cc(-c3c(Cn4ncnc4C)nc(C)c([C@H](OC(C)(C)C)C(=O)O)c3N3CCC(C)(C)CC3)ccc2C1. The molecule has 2 aliphatic rings. The van der Waals surface area contributed by atoms with Crippen LogP contribution in [0.4, 0.5) is 10.1 Å². The Bertz CT molecular complexity index is 1880. The molecule has 0 unspecified atom stereocenters. The highest BCUT2D eigenvalue weighted by Crippen LogP contribution is 2.46. The first kappa shape index (κ1) is 35.7. The van der Waals surface area contributed by atoms with E-state index in [-0.39, 0.29) is 11.2 Å². The van der Waals surface area contributed by atoms with Crippen molar-refractivity contribution in [3.8, 4) is 11.1 Å². The van der Waals surface area contributed by atoms with Crippen LogP contribution in [-0.2, 0) is 35.6 Å². The minimum Gasteiger partial charge on any atom is -0.479 e. The molecule has 6 rings (SSSR count). The van der Waals surface area contributed by atoms with Gasteiger partial charge in [-0.2, -0.15) is 5.10 Å². The van der Waals surface area contributed by atoms with Crippen LogP contribution in [0.15, 0.2) is 42.7 Å². The molecule has 1 N–H and O–H groups in total. The molecule has 0 amide bonds. The molecule has 0 saturated carbocycles. The second kappa shape index (κ2) is 13.9. The minimum absolute atomic E-state index is 0.192. The third-order valence-corrected chi connectivity index (χ3v) is 10.3. The zero-order valence-corrected chi connectivity index (χ0v) is 30.8. The molecular weight excluding hydrogens is 631 g/mol. The van der Waals surface area contributed by atoms with Gasteiger partial charge in [-0.15, -0.1) is 0 Å². The summed E-state index contributed by atoms with van der Waals surface area (Å²) < 4.78 is 22.0. The average molecular weight is 683 g/mol. The van der Waals surface area contributed by atoms with Crippen molar-refractivity contribution in [1.29, 1.82) is 0 Å². The number of piperidine rings is 1. The normalized spacial score (nSPS) is 17.1. The van der Waals surface area contributed by atoms with Crippen LogP contribution < -0.4 is 4.90 Å². The number of halogens is 1. The summed E-state index contributed by atoms with van der Waals surface area (Å²) in [5.74, 6) is -0.458. The Morgan fingerprint density at radius 3 is 2.40 bits per heavy atom. The molecule has 0 spiro atoms. The van der Waals surface area contributed by atoms with E-state index in [0.29, 0.717) is 17.8 Å². The minimum atomic E-state index is -1.20. The van der Waals surface area contributed by atoms with Crippen LogP contribution in [-0.4, -0.2) is 61.0 Å². The zero-order valence-electron chi connectivity index (χ0n) is 30.8. The van der Waals surface area contributed by atoms with E-state index >= 15 is 0 Å².